The third-order valence-electron chi connectivity index (χ3n) is 6.64. The van der Waals surface area contributed by atoms with Gasteiger partial charge in [0, 0.05) is 21.5 Å². The minimum absolute atomic E-state index is 0.0124. The molecule has 1 N–H and O–H groups in total. The summed E-state index contributed by atoms with van der Waals surface area (Å²) in [4.78, 5) is 28.8. The molecule has 3 aromatic rings. The van der Waals surface area contributed by atoms with Crippen LogP contribution in [-0.2, 0) is 4.79 Å². The molecule has 0 saturated heterocycles. The van der Waals surface area contributed by atoms with E-state index in [-0.39, 0.29) is 17.4 Å². The highest BCUT2D eigenvalue weighted by molar-refractivity contribution is 9.10. The van der Waals surface area contributed by atoms with Gasteiger partial charge in [-0.25, -0.2) is 0 Å². The molecule has 1 fully saturated rings. The quantitative estimate of drug-likeness (QED) is 0.413. The summed E-state index contributed by atoms with van der Waals surface area (Å²) in [6.45, 7) is 0. The van der Waals surface area contributed by atoms with Crippen molar-refractivity contribution in [2.24, 2.45) is 0 Å². The van der Waals surface area contributed by atoms with Crippen molar-refractivity contribution in [2.75, 3.05) is 14.2 Å². The van der Waals surface area contributed by atoms with E-state index in [1.54, 1.807) is 35.2 Å². The lowest BCUT2D eigenvalue weighted by atomic mass is 9.93. The number of ether oxygens (including phenoxy) is 2. The molecule has 1 unspecified atom stereocenters. The number of fused-ring (bicyclic) bond motifs is 1. The molecule has 5 rings (SSSR count). The summed E-state index contributed by atoms with van der Waals surface area (Å²) in [5.74, 6) is -0.682. The Morgan fingerprint density at radius 3 is 2.59 bits per heavy atom. The fourth-order valence-electron chi connectivity index (χ4n) is 5.11. The molecule has 2 heterocycles. The Labute approximate surface area is 205 Å². The van der Waals surface area contributed by atoms with Crippen molar-refractivity contribution in [1.82, 2.24) is 4.90 Å². The summed E-state index contributed by atoms with van der Waals surface area (Å²) in [5.41, 5.74) is 1.11. The van der Waals surface area contributed by atoms with E-state index in [1.165, 1.54) is 14.2 Å². The van der Waals surface area contributed by atoms with Crippen LogP contribution in [0.3, 0.4) is 0 Å². The van der Waals surface area contributed by atoms with Gasteiger partial charge < -0.3 is 23.9 Å². The van der Waals surface area contributed by atoms with Crippen LogP contribution in [0.1, 0.15) is 47.8 Å². The summed E-state index contributed by atoms with van der Waals surface area (Å²) in [5, 5.41) is 11.7. The third-order valence-corrected chi connectivity index (χ3v) is 7.13. The van der Waals surface area contributed by atoms with Crippen LogP contribution >= 0.6 is 15.9 Å². The average Bonchev–Trinajstić information content (AvgIpc) is 3.56. The first-order chi connectivity index (χ1) is 16.4. The average molecular weight is 526 g/mol. The smallest absolute Gasteiger partial charge is 0.290 e. The first-order valence-corrected chi connectivity index (χ1v) is 11.9. The molecule has 1 aromatic heterocycles. The van der Waals surface area contributed by atoms with E-state index in [9.17, 15) is 14.7 Å². The van der Waals surface area contributed by atoms with Crippen LogP contribution in [-0.4, -0.2) is 42.0 Å². The van der Waals surface area contributed by atoms with E-state index in [2.05, 4.69) is 15.9 Å². The Bertz CT molecular complexity index is 1320. The van der Waals surface area contributed by atoms with Gasteiger partial charge in [-0.2, -0.15) is 0 Å². The fourth-order valence-corrected chi connectivity index (χ4v) is 5.48. The van der Waals surface area contributed by atoms with Crippen molar-refractivity contribution in [1.29, 1.82) is 0 Å². The molecule has 1 amide bonds. The van der Waals surface area contributed by atoms with Crippen molar-refractivity contribution in [3.63, 3.8) is 0 Å². The molecule has 2 aromatic carbocycles. The highest BCUT2D eigenvalue weighted by atomic mass is 79.9. The van der Waals surface area contributed by atoms with Gasteiger partial charge in [0.15, 0.2) is 23.0 Å². The van der Waals surface area contributed by atoms with Gasteiger partial charge in [-0.3, -0.25) is 9.59 Å². The molecule has 1 saturated carbocycles. The van der Waals surface area contributed by atoms with Crippen LogP contribution in [0.15, 0.2) is 62.7 Å². The number of carbonyl (C=O) groups excluding carboxylic acids is 2. The van der Waals surface area contributed by atoms with Gasteiger partial charge in [-0.05, 0) is 43.2 Å². The van der Waals surface area contributed by atoms with E-state index < -0.39 is 23.5 Å². The molecule has 1 aliphatic heterocycles. The molecule has 0 bridgehead atoms. The minimum Gasteiger partial charge on any atom is -0.503 e. The number of nitrogens with zero attached hydrogens (tertiary/aromatic N) is 1. The van der Waals surface area contributed by atoms with Crippen molar-refractivity contribution >= 4 is 38.6 Å². The molecule has 0 radical (unpaired) electrons. The van der Waals surface area contributed by atoms with Crippen LogP contribution in [0.2, 0.25) is 0 Å². The van der Waals surface area contributed by atoms with Gasteiger partial charge in [0.1, 0.15) is 5.58 Å². The Balaban J connectivity index is 1.67. The summed E-state index contributed by atoms with van der Waals surface area (Å²) in [7, 11) is 3.04. The molecular weight excluding hydrogens is 502 g/mol. The van der Waals surface area contributed by atoms with Gasteiger partial charge in [-0.1, -0.05) is 40.9 Å². The van der Waals surface area contributed by atoms with Crippen LogP contribution in [0.5, 0.6) is 11.5 Å². The predicted octanol–water partition coefficient (Wildman–Crippen LogP) is 5.73. The second-order valence-corrected chi connectivity index (χ2v) is 9.44. The number of carbonyl (C=O) groups is 2. The fraction of sp³-hybridized carbons (Fsp3) is 0.308. The Kier molecular flexibility index (Phi) is 5.85. The number of para-hydroxylation sites is 1. The minimum atomic E-state index is -0.826. The zero-order chi connectivity index (χ0) is 24.0. The maximum Gasteiger partial charge on any atom is 0.290 e. The number of furan rings is 1. The van der Waals surface area contributed by atoms with Crippen molar-refractivity contribution in [3.05, 3.63) is 69.6 Å². The maximum atomic E-state index is 13.8. The first kappa shape index (κ1) is 22.5. The lowest BCUT2D eigenvalue weighted by Gasteiger charge is -2.33. The summed E-state index contributed by atoms with van der Waals surface area (Å²) in [6.07, 6.45) is 3.59. The number of hydrogen-bond donors (Lipinski definition) is 1. The van der Waals surface area contributed by atoms with Crippen molar-refractivity contribution in [3.8, 4) is 11.5 Å². The zero-order valence-electron chi connectivity index (χ0n) is 18.8. The monoisotopic (exact) mass is 525 g/mol. The molecule has 1 aliphatic carbocycles. The molecule has 176 valence electrons. The normalized spacial score (nSPS) is 18.9. The Hall–Kier alpha value is -3.26. The summed E-state index contributed by atoms with van der Waals surface area (Å²) >= 11 is 3.42. The van der Waals surface area contributed by atoms with Crippen molar-refractivity contribution in [2.45, 2.75) is 37.8 Å². The van der Waals surface area contributed by atoms with E-state index in [1.807, 2.05) is 12.1 Å². The molecule has 2 aliphatic rings. The Morgan fingerprint density at radius 1 is 1.12 bits per heavy atom. The number of aliphatic hydroxyl groups excluding tert-OH is 1. The van der Waals surface area contributed by atoms with Gasteiger partial charge in [0.05, 0.1) is 25.8 Å². The number of hydrogen-bond acceptors (Lipinski definition) is 6. The van der Waals surface area contributed by atoms with E-state index in [0.29, 0.717) is 22.6 Å². The van der Waals surface area contributed by atoms with Gasteiger partial charge >= 0.3 is 0 Å². The third kappa shape index (κ3) is 3.57. The van der Waals surface area contributed by atoms with Gasteiger partial charge in [0.2, 0.25) is 5.78 Å². The van der Waals surface area contributed by atoms with E-state index >= 15 is 0 Å². The zero-order valence-corrected chi connectivity index (χ0v) is 20.4. The predicted molar refractivity (Wildman–Crippen MR) is 129 cm³/mol. The lowest BCUT2D eigenvalue weighted by molar-refractivity contribution is -0.131. The largest absolute Gasteiger partial charge is 0.503 e. The van der Waals surface area contributed by atoms with Crippen LogP contribution in [0.25, 0.3) is 11.0 Å². The SMILES string of the molecule is COc1cccc(C2C(C(=O)c3cc4cc(Br)ccc4o3)=C(O)C(=O)N2C2CCCC2)c1OC. The number of Topliss-reactive ketones (excluding diaryl/α,β-unsaturated/α-hetero) is 1. The second-order valence-electron chi connectivity index (χ2n) is 8.52. The Morgan fingerprint density at radius 2 is 1.88 bits per heavy atom. The number of halogens is 1. The number of amides is 1. The van der Waals surface area contributed by atoms with E-state index in [4.69, 9.17) is 13.9 Å². The highest BCUT2D eigenvalue weighted by Gasteiger charge is 2.48. The maximum absolute atomic E-state index is 13.8. The molecule has 34 heavy (non-hydrogen) atoms. The van der Waals surface area contributed by atoms with Crippen LogP contribution < -0.4 is 9.47 Å². The van der Waals surface area contributed by atoms with Gasteiger partial charge in [0.25, 0.3) is 5.91 Å². The first-order valence-electron chi connectivity index (χ1n) is 11.1. The van der Waals surface area contributed by atoms with Gasteiger partial charge in [-0.15, -0.1) is 0 Å². The van der Waals surface area contributed by atoms with Crippen LogP contribution in [0, 0.1) is 0 Å². The number of ketones is 1. The lowest BCUT2D eigenvalue weighted by Crippen LogP contribution is -2.38. The second kappa shape index (κ2) is 8.83. The topological polar surface area (TPSA) is 89.2 Å². The number of aliphatic hydroxyl groups is 1. The number of methoxy groups -OCH3 is 2. The summed E-state index contributed by atoms with van der Waals surface area (Å²) in [6, 6.07) is 11.5. The standard InChI is InChI=1S/C26H24BrNO6/c1-32-19-9-5-8-17(25(19)33-2)22-21(24(30)26(31)28(22)16-6-3-4-7-16)23(29)20-13-14-12-15(27)10-11-18(14)34-20/h5,8-13,16,22,30H,3-4,6-7H2,1-2H3. The molecule has 7 nitrogen and oxygen atoms in total. The van der Waals surface area contributed by atoms with E-state index in [0.717, 1.165) is 35.5 Å². The highest BCUT2D eigenvalue weighted by Crippen LogP contribution is 2.48. The summed E-state index contributed by atoms with van der Waals surface area (Å²) < 4.78 is 17.8. The molecule has 1 atom stereocenters. The number of benzene rings is 2. The van der Waals surface area contributed by atoms with Crippen LogP contribution in [0.4, 0.5) is 0 Å². The number of rotatable bonds is 6. The molecule has 8 heteroatoms. The van der Waals surface area contributed by atoms with Crippen molar-refractivity contribution < 1.29 is 28.6 Å². The molecule has 0 spiro atoms. The molecular formula is C26H24BrNO6.